The average Bonchev–Trinajstić information content (AvgIpc) is 3.57. The SMILES string of the molecule is CCN(C)C(=O)N1C[C@@H](C(=O)N2CC[C@H](N(C(=O)C(C)C)[C@H]3CC[C@@H](C)CC3)C2)[C@H](c2ccc(Cl)cc2)C1. The first-order valence-corrected chi connectivity index (χ1v) is 14.8. The molecule has 4 amide bonds. The molecule has 0 N–H and O–H groups in total. The van der Waals surface area contributed by atoms with E-state index in [1.165, 1.54) is 0 Å². The van der Waals surface area contributed by atoms with Crippen molar-refractivity contribution in [3.63, 3.8) is 0 Å². The van der Waals surface area contributed by atoms with Crippen LogP contribution in [0.1, 0.15) is 71.3 Å². The Morgan fingerprint density at radius 1 is 0.947 bits per heavy atom. The van der Waals surface area contributed by atoms with Crippen molar-refractivity contribution in [1.82, 2.24) is 19.6 Å². The Morgan fingerprint density at radius 2 is 1.61 bits per heavy atom. The second-order valence-corrected chi connectivity index (χ2v) is 12.4. The van der Waals surface area contributed by atoms with E-state index in [-0.39, 0.29) is 47.7 Å². The largest absolute Gasteiger partial charge is 0.340 e. The molecule has 1 aliphatic carbocycles. The van der Waals surface area contributed by atoms with E-state index in [4.69, 9.17) is 11.6 Å². The van der Waals surface area contributed by atoms with Crippen LogP contribution in [0, 0.1) is 17.8 Å². The number of carbonyl (C=O) groups excluding carboxylic acids is 3. The molecule has 3 fully saturated rings. The van der Waals surface area contributed by atoms with Crippen molar-refractivity contribution in [3.8, 4) is 0 Å². The fourth-order valence-corrected chi connectivity index (χ4v) is 6.64. The number of urea groups is 1. The van der Waals surface area contributed by atoms with Crippen molar-refractivity contribution in [3.05, 3.63) is 34.9 Å². The highest BCUT2D eigenvalue weighted by Gasteiger charge is 2.45. The maximum absolute atomic E-state index is 14.0. The zero-order chi connectivity index (χ0) is 27.6. The lowest BCUT2D eigenvalue weighted by Crippen LogP contribution is -2.51. The summed E-state index contributed by atoms with van der Waals surface area (Å²) in [6, 6.07) is 7.95. The van der Waals surface area contributed by atoms with E-state index in [1.807, 2.05) is 54.8 Å². The standard InChI is InChI=1S/C30H45ClN4O3/c1-6-32(5)30(38)34-18-26(22-9-11-23(31)12-10-22)27(19-34)29(37)33-16-15-25(17-33)35(28(36)20(2)3)24-13-7-21(4)8-14-24/h9-12,20-21,24-27H,6-8,13-19H2,1-5H3/t21-,24+,25-,26-,27+/m0/s1. The number of nitrogens with zero attached hydrogens (tertiary/aromatic N) is 4. The van der Waals surface area contributed by atoms with Gasteiger partial charge in [0.15, 0.2) is 0 Å². The maximum Gasteiger partial charge on any atom is 0.319 e. The lowest BCUT2D eigenvalue weighted by Gasteiger charge is -2.41. The summed E-state index contributed by atoms with van der Waals surface area (Å²) in [6.45, 7) is 11.0. The molecule has 1 saturated carbocycles. The molecule has 0 radical (unpaired) electrons. The second kappa shape index (κ2) is 12.3. The molecule has 1 aromatic carbocycles. The van der Waals surface area contributed by atoms with Crippen molar-refractivity contribution in [1.29, 1.82) is 0 Å². The first kappa shape index (κ1) is 28.7. The number of hydrogen-bond acceptors (Lipinski definition) is 3. The molecule has 0 aromatic heterocycles. The van der Waals surface area contributed by atoms with Crippen LogP contribution >= 0.6 is 11.6 Å². The molecule has 8 heteroatoms. The van der Waals surface area contributed by atoms with E-state index in [1.54, 1.807) is 11.9 Å². The highest BCUT2D eigenvalue weighted by molar-refractivity contribution is 6.30. The van der Waals surface area contributed by atoms with E-state index in [2.05, 4.69) is 11.8 Å². The normalized spacial score (nSPS) is 27.6. The lowest BCUT2D eigenvalue weighted by atomic mass is 9.85. The quantitative estimate of drug-likeness (QED) is 0.501. The zero-order valence-corrected chi connectivity index (χ0v) is 24.5. The van der Waals surface area contributed by atoms with Crippen LogP contribution < -0.4 is 0 Å². The molecule has 0 spiro atoms. The summed E-state index contributed by atoms with van der Waals surface area (Å²) in [7, 11) is 1.80. The van der Waals surface area contributed by atoms with E-state index in [9.17, 15) is 14.4 Å². The number of hydrogen-bond donors (Lipinski definition) is 0. The number of likely N-dealkylation sites (tertiary alicyclic amines) is 2. The third kappa shape index (κ3) is 6.13. The van der Waals surface area contributed by atoms with Crippen molar-refractivity contribution in [2.45, 2.75) is 77.8 Å². The zero-order valence-electron chi connectivity index (χ0n) is 23.7. The highest BCUT2D eigenvalue weighted by Crippen LogP contribution is 2.37. The van der Waals surface area contributed by atoms with Gasteiger partial charge in [-0.15, -0.1) is 0 Å². The fourth-order valence-electron chi connectivity index (χ4n) is 6.52. The molecule has 7 nitrogen and oxygen atoms in total. The van der Waals surface area contributed by atoms with Gasteiger partial charge in [0.05, 0.1) is 12.0 Å². The minimum absolute atomic E-state index is 0.0405. The molecule has 0 unspecified atom stereocenters. The Kier molecular flexibility index (Phi) is 9.27. The summed E-state index contributed by atoms with van der Waals surface area (Å²) in [5.74, 6) is 0.571. The van der Waals surface area contributed by atoms with Gasteiger partial charge in [-0.05, 0) is 62.6 Å². The molecule has 210 valence electrons. The first-order valence-electron chi connectivity index (χ1n) is 14.5. The summed E-state index contributed by atoms with van der Waals surface area (Å²) in [4.78, 5) is 48.1. The average molecular weight is 545 g/mol. The Balaban J connectivity index is 1.52. The van der Waals surface area contributed by atoms with Gasteiger partial charge in [0.1, 0.15) is 0 Å². The maximum atomic E-state index is 14.0. The summed E-state index contributed by atoms with van der Waals surface area (Å²) < 4.78 is 0. The van der Waals surface area contributed by atoms with Crippen LogP contribution in [0.3, 0.4) is 0 Å². The van der Waals surface area contributed by atoms with Crippen LogP contribution in [0.4, 0.5) is 4.79 Å². The molecule has 3 atom stereocenters. The summed E-state index contributed by atoms with van der Waals surface area (Å²) in [6.07, 6.45) is 5.22. The Bertz CT molecular complexity index is 992. The van der Waals surface area contributed by atoms with Crippen molar-refractivity contribution >= 4 is 29.4 Å². The molecule has 2 saturated heterocycles. The Labute approximate surface area is 233 Å². The van der Waals surface area contributed by atoms with Gasteiger partial charge in [-0.2, -0.15) is 0 Å². The number of amides is 4. The molecular formula is C30H45ClN4O3. The van der Waals surface area contributed by atoms with Gasteiger partial charge in [0.2, 0.25) is 11.8 Å². The first-order chi connectivity index (χ1) is 18.1. The van der Waals surface area contributed by atoms with Crippen LogP contribution in [0.25, 0.3) is 0 Å². The van der Waals surface area contributed by atoms with Crippen LogP contribution in [0.15, 0.2) is 24.3 Å². The minimum atomic E-state index is -0.311. The Hall–Kier alpha value is -2.28. The summed E-state index contributed by atoms with van der Waals surface area (Å²) in [5, 5.41) is 0.655. The molecule has 1 aromatic rings. The second-order valence-electron chi connectivity index (χ2n) is 12.0. The van der Waals surface area contributed by atoms with E-state index < -0.39 is 0 Å². The van der Waals surface area contributed by atoms with Gasteiger partial charge in [-0.25, -0.2) is 4.79 Å². The van der Waals surface area contributed by atoms with Gasteiger partial charge < -0.3 is 19.6 Å². The monoisotopic (exact) mass is 544 g/mol. The van der Waals surface area contributed by atoms with Crippen molar-refractivity contribution in [2.24, 2.45) is 17.8 Å². The van der Waals surface area contributed by atoms with E-state index >= 15 is 0 Å². The fraction of sp³-hybridized carbons (Fsp3) is 0.700. The van der Waals surface area contributed by atoms with Gasteiger partial charge in [-0.1, -0.05) is 44.5 Å². The summed E-state index contributed by atoms with van der Waals surface area (Å²) >= 11 is 6.15. The molecule has 38 heavy (non-hydrogen) atoms. The lowest BCUT2D eigenvalue weighted by molar-refractivity contribution is -0.142. The van der Waals surface area contributed by atoms with Crippen LogP contribution in [0.2, 0.25) is 5.02 Å². The molecule has 3 aliphatic rings. The number of halogens is 1. The predicted molar refractivity (Wildman–Crippen MR) is 151 cm³/mol. The van der Waals surface area contributed by atoms with Gasteiger partial charge >= 0.3 is 6.03 Å². The molecule has 4 rings (SSSR count). The van der Waals surface area contributed by atoms with E-state index in [0.29, 0.717) is 43.7 Å². The number of carbonyl (C=O) groups is 3. The predicted octanol–water partition coefficient (Wildman–Crippen LogP) is 5.09. The topological polar surface area (TPSA) is 64.2 Å². The smallest absolute Gasteiger partial charge is 0.319 e. The highest BCUT2D eigenvalue weighted by atomic mass is 35.5. The van der Waals surface area contributed by atoms with Crippen LogP contribution in [-0.4, -0.2) is 89.3 Å². The van der Waals surface area contributed by atoms with Crippen molar-refractivity contribution in [2.75, 3.05) is 39.8 Å². The third-order valence-electron chi connectivity index (χ3n) is 9.00. The van der Waals surface area contributed by atoms with Crippen LogP contribution in [-0.2, 0) is 9.59 Å². The third-order valence-corrected chi connectivity index (χ3v) is 9.25. The summed E-state index contributed by atoms with van der Waals surface area (Å²) in [5.41, 5.74) is 1.03. The van der Waals surface area contributed by atoms with Gasteiger partial charge in [0.25, 0.3) is 0 Å². The molecular weight excluding hydrogens is 500 g/mol. The van der Waals surface area contributed by atoms with Crippen LogP contribution in [0.5, 0.6) is 0 Å². The Morgan fingerprint density at radius 3 is 2.21 bits per heavy atom. The van der Waals surface area contributed by atoms with Gasteiger partial charge in [0, 0.05) is 62.7 Å². The van der Waals surface area contributed by atoms with E-state index in [0.717, 1.165) is 37.7 Å². The molecule has 2 aliphatic heterocycles. The number of rotatable bonds is 6. The minimum Gasteiger partial charge on any atom is -0.340 e. The molecule has 2 heterocycles. The number of benzene rings is 1. The van der Waals surface area contributed by atoms with Crippen molar-refractivity contribution < 1.29 is 14.4 Å². The molecule has 0 bridgehead atoms. The van der Waals surface area contributed by atoms with Gasteiger partial charge in [-0.3, -0.25) is 9.59 Å².